The Morgan fingerprint density at radius 3 is 2.35 bits per heavy atom. The molecular weight excluding hydrogens is 530 g/mol. The summed E-state index contributed by atoms with van der Waals surface area (Å²) in [6.07, 6.45) is 1.93. The van der Waals surface area contributed by atoms with Crippen LogP contribution < -0.4 is 10.6 Å². The van der Waals surface area contributed by atoms with Gasteiger partial charge < -0.3 is 15.5 Å². The number of hydrogen-bond donors (Lipinski definition) is 2. The van der Waals surface area contributed by atoms with E-state index in [-0.39, 0.29) is 35.8 Å². The molecule has 172 valence electrons. The molecular formula is C22H32FIN4O2S. The summed E-state index contributed by atoms with van der Waals surface area (Å²) in [6, 6.07) is 13.5. The monoisotopic (exact) mass is 562 g/mol. The second kappa shape index (κ2) is 13.0. The van der Waals surface area contributed by atoms with Crippen molar-refractivity contribution < 1.29 is 12.8 Å². The zero-order valence-electron chi connectivity index (χ0n) is 18.4. The first-order chi connectivity index (χ1) is 14.2. The Hall–Kier alpha value is -1.72. The van der Waals surface area contributed by atoms with Crippen LogP contribution in [0.15, 0.2) is 58.4 Å². The first-order valence-corrected chi connectivity index (χ1v) is 11.8. The average molecular weight is 562 g/mol. The van der Waals surface area contributed by atoms with Crippen molar-refractivity contribution in [1.82, 2.24) is 15.5 Å². The number of guanidine groups is 1. The van der Waals surface area contributed by atoms with Crippen molar-refractivity contribution in [2.75, 3.05) is 40.0 Å². The number of likely N-dealkylation sites (N-methyl/N-ethyl adjacent to an activating group) is 1. The number of aliphatic imine (C=N–C) groups is 1. The van der Waals surface area contributed by atoms with Gasteiger partial charge in [0.2, 0.25) is 0 Å². The van der Waals surface area contributed by atoms with Gasteiger partial charge in [-0.2, -0.15) is 0 Å². The van der Waals surface area contributed by atoms with Crippen LogP contribution >= 0.6 is 24.0 Å². The van der Waals surface area contributed by atoms with Gasteiger partial charge in [-0.15, -0.1) is 24.0 Å². The summed E-state index contributed by atoms with van der Waals surface area (Å²) in [5.41, 5.74) is 1.92. The highest BCUT2D eigenvalue weighted by atomic mass is 127. The van der Waals surface area contributed by atoms with Crippen LogP contribution in [0.1, 0.15) is 24.1 Å². The number of rotatable bonds is 9. The van der Waals surface area contributed by atoms with Gasteiger partial charge in [-0.05, 0) is 62.8 Å². The SMILES string of the molecule is CCNC(=NCC(c1cccc(F)c1)N(C)C)NCCc1ccc(S(C)(=O)=O)cc1.I. The van der Waals surface area contributed by atoms with Crippen molar-refractivity contribution in [2.45, 2.75) is 24.3 Å². The summed E-state index contributed by atoms with van der Waals surface area (Å²) >= 11 is 0. The van der Waals surface area contributed by atoms with E-state index in [4.69, 9.17) is 0 Å². The van der Waals surface area contributed by atoms with E-state index in [0.29, 0.717) is 23.9 Å². The van der Waals surface area contributed by atoms with Gasteiger partial charge >= 0.3 is 0 Å². The van der Waals surface area contributed by atoms with E-state index < -0.39 is 9.84 Å². The molecule has 9 heteroatoms. The molecule has 1 atom stereocenters. The minimum Gasteiger partial charge on any atom is -0.357 e. The Labute approximate surface area is 202 Å². The molecule has 0 aliphatic carbocycles. The van der Waals surface area contributed by atoms with Crippen LogP contribution in [-0.4, -0.2) is 59.3 Å². The maximum atomic E-state index is 13.6. The van der Waals surface area contributed by atoms with Crippen LogP contribution in [0, 0.1) is 5.82 Å². The molecule has 2 rings (SSSR count). The van der Waals surface area contributed by atoms with Crippen molar-refractivity contribution in [3.63, 3.8) is 0 Å². The third-order valence-corrected chi connectivity index (χ3v) is 5.81. The summed E-state index contributed by atoms with van der Waals surface area (Å²) in [4.78, 5) is 7.01. The largest absolute Gasteiger partial charge is 0.357 e. The van der Waals surface area contributed by atoms with Crippen molar-refractivity contribution in [2.24, 2.45) is 4.99 Å². The van der Waals surface area contributed by atoms with Gasteiger partial charge in [0, 0.05) is 19.3 Å². The van der Waals surface area contributed by atoms with Gasteiger partial charge in [0.15, 0.2) is 15.8 Å². The van der Waals surface area contributed by atoms with Crippen LogP contribution in [-0.2, 0) is 16.3 Å². The lowest BCUT2D eigenvalue weighted by molar-refractivity contribution is 0.305. The van der Waals surface area contributed by atoms with Crippen LogP contribution in [0.3, 0.4) is 0 Å². The summed E-state index contributed by atoms with van der Waals surface area (Å²) < 4.78 is 36.7. The molecule has 0 aliphatic heterocycles. The Morgan fingerprint density at radius 2 is 1.81 bits per heavy atom. The van der Waals surface area contributed by atoms with Crippen molar-refractivity contribution in [3.8, 4) is 0 Å². The highest BCUT2D eigenvalue weighted by Gasteiger charge is 2.14. The zero-order chi connectivity index (χ0) is 22.1. The third kappa shape index (κ3) is 9.12. The fraction of sp³-hybridized carbons (Fsp3) is 0.409. The normalized spacial score (nSPS) is 12.9. The molecule has 2 aromatic rings. The van der Waals surface area contributed by atoms with Gasteiger partial charge in [-0.3, -0.25) is 4.99 Å². The molecule has 6 nitrogen and oxygen atoms in total. The molecule has 0 aromatic heterocycles. The molecule has 0 saturated heterocycles. The van der Waals surface area contributed by atoms with E-state index in [1.165, 1.54) is 12.3 Å². The first-order valence-electron chi connectivity index (χ1n) is 9.93. The molecule has 31 heavy (non-hydrogen) atoms. The summed E-state index contributed by atoms with van der Waals surface area (Å²) in [7, 11) is 0.719. The van der Waals surface area contributed by atoms with Gasteiger partial charge in [-0.25, -0.2) is 12.8 Å². The molecule has 2 aromatic carbocycles. The zero-order valence-corrected chi connectivity index (χ0v) is 21.6. The van der Waals surface area contributed by atoms with E-state index >= 15 is 0 Å². The van der Waals surface area contributed by atoms with Crippen LogP contribution in [0.5, 0.6) is 0 Å². The van der Waals surface area contributed by atoms with E-state index in [1.54, 1.807) is 24.3 Å². The van der Waals surface area contributed by atoms with Crippen molar-refractivity contribution >= 4 is 39.8 Å². The number of halogens is 2. The average Bonchev–Trinajstić information content (AvgIpc) is 2.67. The lowest BCUT2D eigenvalue weighted by Gasteiger charge is -2.23. The molecule has 0 heterocycles. The molecule has 1 unspecified atom stereocenters. The second-order valence-electron chi connectivity index (χ2n) is 7.35. The van der Waals surface area contributed by atoms with Gasteiger partial charge in [0.05, 0.1) is 17.5 Å². The Bertz CT molecular complexity index is 950. The predicted octanol–water partition coefficient (Wildman–Crippen LogP) is 3.25. The molecule has 0 spiro atoms. The molecule has 0 aliphatic rings. The van der Waals surface area contributed by atoms with E-state index in [1.807, 2.05) is 44.1 Å². The Kier molecular flexibility index (Phi) is 11.4. The standard InChI is InChI=1S/C22H31FN4O2S.HI/c1-5-24-22(25-14-13-17-9-11-20(12-10-17)30(4,28)29)26-16-21(27(2)3)18-7-6-8-19(23)15-18;/h6-12,15,21H,5,13-14,16H2,1-4H3,(H2,24,25,26);1H. The maximum Gasteiger partial charge on any atom is 0.191 e. The molecule has 0 saturated carbocycles. The predicted molar refractivity (Wildman–Crippen MR) is 135 cm³/mol. The Balaban J connectivity index is 0.00000480. The van der Waals surface area contributed by atoms with Gasteiger partial charge in [0.25, 0.3) is 0 Å². The molecule has 0 amide bonds. The van der Waals surface area contributed by atoms with E-state index in [9.17, 15) is 12.8 Å². The van der Waals surface area contributed by atoms with Gasteiger partial charge in [0.1, 0.15) is 5.82 Å². The molecule has 0 radical (unpaired) electrons. The number of sulfone groups is 1. The van der Waals surface area contributed by atoms with Crippen molar-refractivity contribution in [3.05, 3.63) is 65.5 Å². The smallest absolute Gasteiger partial charge is 0.191 e. The van der Waals surface area contributed by atoms with Crippen LogP contribution in [0.25, 0.3) is 0 Å². The number of nitrogens with zero attached hydrogens (tertiary/aromatic N) is 2. The lowest BCUT2D eigenvalue weighted by Crippen LogP contribution is -2.39. The lowest BCUT2D eigenvalue weighted by atomic mass is 10.1. The fourth-order valence-electron chi connectivity index (χ4n) is 3.03. The fourth-order valence-corrected chi connectivity index (χ4v) is 3.66. The number of hydrogen-bond acceptors (Lipinski definition) is 4. The molecule has 0 fully saturated rings. The highest BCUT2D eigenvalue weighted by Crippen LogP contribution is 2.19. The summed E-state index contributed by atoms with van der Waals surface area (Å²) in [5, 5.41) is 6.52. The Morgan fingerprint density at radius 1 is 1.13 bits per heavy atom. The minimum atomic E-state index is -3.18. The third-order valence-electron chi connectivity index (χ3n) is 4.68. The first kappa shape index (κ1) is 27.3. The molecule has 0 bridgehead atoms. The summed E-state index contributed by atoms with van der Waals surface area (Å²) in [5.74, 6) is 0.434. The second-order valence-corrected chi connectivity index (χ2v) is 9.36. The molecule has 2 N–H and O–H groups in total. The summed E-state index contributed by atoms with van der Waals surface area (Å²) in [6.45, 7) is 3.85. The van der Waals surface area contributed by atoms with E-state index in [2.05, 4.69) is 15.6 Å². The highest BCUT2D eigenvalue weighted by molar-refractivity contribution is 14.0. The van der Waals surface area contributed by atoms with Crippen molar-refractivity contribution in [1.29, 1.82) is 0 Å². The topological polar surface area (TPSA) is 73.8 Å². The van der Waals surface area contributed by atoms with E-state index in [0.717, 1.165) is 24.1 Å². The van der Waals surface area contributed by atoms with Crippen LogP contribution in [0.2, 0.25) is 0 Å². The maximum absolute atomic E-state index is 13.6. The van der Waals surface area contributed by atoms with Gasteiger partial charge in [-0.1, -0.05) is 24.3 Å². The number of benzene rings is 2. The number of nitrogens with one attached hydrogen (secondary N) is 2. The minimum absolute atomic E-state index is 0. The quantitative estimate of drug-likeness (QED) is 0.279. The van der Waals surface area contributed by atoms with Crippen LogP contribution in [0.4, 0.5) is 4.39 Å².